The lowest BCUT2D eigenvalue weighted by Crippen LogP contribution is -2.31. The Bertz CT molecular complexity index is 350. The Morgan fingerprint density at radius 1 is 1.28 bits per heavy atom. The number of hydrogen-bond donors (Lipinski definition) is 1. The molecule has 1 fully saturated rings. The van der Waals surface area contributed by atoms with Crippen LogP contribution in [0, 0.1) is 11.8 Å². The van der Waals surface area contributed by atoms with Crippen molar-refractivity contribution in [1.29, 1.82) is 0 Å². The third-order valence-electron chi connectivity index (χ3n) is 3.99. The highest BCUT2D eigenvalue weighted by Gasteiger charge is 2.25. The Kier molecular flexibility index (Phi) is 6.19. The van der Waals surface area contributed by atoms with Crippen LogP contribution in [0.5, 0.6) is 0 Å². The minimum Gasteiger partial charge on any atom is -0.316 e. The highest BCUT2D eigenvalue weighted by molar-refractivity contribution is 9.11. The van der Waals surface area contributed by atoms with Gasteiger partial charge < -0.3 is 5.32 Å². The van der Waals surface area contributed by atoms with E-state index in [0.29, 0.717) is 0 Å². The van der Waals surface area contributed by atoms with E-state index in [1.165, 1.54) is 55.4 Å². The zero-order valence-electron chi connectivity index (χ0n) is 11.3. The van der Waals surface area contributed by atoms with Crippen LogP contribution in [0.3, 0.4) is 0 Å². The van der Waals surface area contributed by atoms with Crippen LogP contribution in [0.2, 0.25) is 0 Å². The van der Waals surface area contributed by atoms with Gasteiger partial charge in [0.15, 0.2) is 0 Å². The van der Waals surface area contributed by atoms with Gasteiger partial charge in [0.25, 0.3) is 0 Å². The van der Waals surface area contributed by atoms with Crippen LogP contribution < -0.4 is 5.32 Å². The van der Waals surface area contributed by atoms with Crippen molar-refractivity contribution < 1.29 is 0 Å². The molecule has 0 aromatic carbocycles. The predicted octanol–water partition coefficient (Wildman–Crippen LogP) is 4.86. The third-order valence-corrected chi connectivity index (χ3v) is 5.64. The van der Waals surface area contributed by atoms with Gasteiger partial charge in [-0.3, -0.25) is 0 Å². The van der Waals surface area contributed by atoms with Gasteiger partial charge in [-0.2, -0.15) is 0 Å². The smallest absolute Gasteiger partial charge is 0.0701 e. The van der Waals surface area contributed by atoms with Crippen LogP contribution in [-0.2, 0) is 6.42 Å². The second kappa shape index (κ2) is 7.66. The van der Waals surface area contributed by atoms with Gasteiger partial charge in [-0.05, 0) is 78.7 Å². The first-order chi connectivity index (χ1) is 8.79. The van der Waals surface area contributed by atoms with Crippen LogP contribution in [0.1, 0.15) is 43.9 Å². The molecule has 0 aliphatic heterocycles. The predicted molar refractivity (Wildman–Crippen MR) is 84.3 cm³/mol. The Hall–Kier alpha value is 0.140. The Labute approximate surface area is 123 Å². The van der Waals surface area contributed by atoms with Crippen LogP contribution in [0.25, 0.3) is 0 Å². The fourth-order valence-electron chi connectivity index (χ4n) is 3.01. The second-order valence-electron chi connectivity index (χ2n) is 5.42. The summed E-state index contributed by atoms with van der Waals surface area (Å²) in [4.78, 5) is 1.55. The van der Waals surface area contributed by atoms with E-state index in [1.54, 1.807) is 4.88 Å². The molecule has 2 atom stereocenters. The highest BCUT2D eigenvalue weighted by atomic mass is 79.9. The standard InChI is InChI=1S/C15H24BrNS/c1-2-9-17-11-13-6-4-3-5-12(13)10-14-7-8-15(16)18-14/h7-8,12-13,17H,2-6,9-11H2,1H3. The average Bonchev–Trinajstić information content (AvgIpc) is 2.77. The largest absolute Gasteiger partial charge is 0.316 e. The molecule has 0 spiro atoms. The SMILES string of the molecule is CCCNCC1CCCCC1Cc1ccc(Br)s1. The van der Waals surface area contributed by atoms with E-state index in [1.807, 2.05) is 11.3 Å². The van der Waals surface area contributed by atoms with Gasteiger partial charge in [0.05, 0.1) is 3.79 Å². The molecule has 0 saturated heterocycles. The van der Waals surface area contributed by atoms with E-state index in [2.05, 4.69) is 40.3 Å². The molecule has 1 aliphatic carbocycles. The van der Waals surface area contributed by atoms with Crippen molar-refractivity contribution in [2.24, 2.45) is 11.8 Å². The zero-order chi connectivity index (χ0) is 12.8. The van der Waals surface area contributed by atoms with Crippen LogP contribution in [-0.4, -0.2) is 13.1 Å². The van der Waals surface area contributed by atoms with Crippen molar-refractivity contribution in [2.75, 3.05) is 13.1 Å². The summed E-state index contributed by atoms with van der Waals surface area (Å²) in [5, 5.41) is 3.62. The number of rotatable bonds is 6. The van der Waals surface area contributed by atoms with E-state index in [0.717, 1.165) is 11.8 Å². The van der Waals surface area contributed by atoms with Gasteiger partial charge in [0, 0.05) is 4.88 Å². The Balaban J connectivity index is 1.86. The van der Waals surface area contributed by atoms with Gasteiger partial charge in [0.1, 0.15) is 0 Å². The summed E-state index contributed by atoms with van der Waals surface area (Å²) in [6, 6.07) is 4.48. The molecular formula is C15H24BrNS. The molecule has 0 radical (unpaired) electrons. The first-order valence-corrected chi connectivity index (χ1v) is 8.85. The van der Waals surface area contributed by atoms with Crippen LogP contribution in [0.15, 0.2) is 15.9 Å². The van der Waals surface area contributed by atoms with Crippen molar-refractivity contribution >= 4 is 27.3 Å². The Morgan fingerprint density at radius 3 is 2.72 bits per heavy atom. The average molecular weight is 330 g/mol. The number of hydrogen-bond acceptors (Lipinski definition) is 2. The number of nitrogens with one attached hydrogen (secondary N) is 1. The van der Waals surface area contributed by atoms with E-state index in [-0.39, 0.29) is 0 Å². The maximum absolute atomic E-state index is 3.62. The first-order valence-electron chi connectivity index (χ1n) is 7.24. The quantitative estimate of drug-likeness (QED) is 0.735. The first kappa shape index (κ1) is 14.5. The molecule has 1 N–H and O–H groups in total. The van der Waals surface area contributed by atoms with Gasteiger partial charge in [-0.1, -0.05) is 19.8 Å². The minimum atomic E-state index is 0.895. The maximum Gasteiger partial charge on any atom is 0.0701 e. The molecule has 1 aliphatic rings. The lowest BCUT2D eigenvalue weighted by Gasteiger charge is -2.31. The molecule has 3 heteroatoms. The molecule has 1 nitrogen and oxygen atoms in total. The van der Waals surface area contributed by atoms with Gasteiger partial charge in [-0.25, -0.2) is 0 Å². The maximum atomic E-state index is 3.62. The fourth-order valence-corrected chi connectivity index (χ4v) is 4.58. The van der Waals surface area contributed by atoms with E-state index in [9.17, 15) is 0 Å². The second-order valence-corrected chi connectivity index (χ2v) is 7.97. The van der Waals surface area contributed by atoms with Crippen molar-refractivity contribution in [3.8, 4) is 0 Å². The molecule has 2 unspecified atom stereocenters. The monoisotopic (exact) mass is 329 g/mol. The summed E-state index contributed by atoms with van der Waals surface area (Å²) in [5.74, 6) is 1.79. The van der Waals surface area contributed by atoms with Crippen molar-refractivity contribution in [2.45, 2.75) is 45.4 Å². The van der Waals surface area contributed by atoms with E-state index < -0.39 is 0 Å². The summed E-state index contributed by atoms with van der Waals surface area (Å²) in [6.45, 7) is 4.65. The number of thiophene rings is 1. The van der Waals surface area contributed by atoms with Gasteiger partial charge in [-0.15, -0.1) is 11.3 Å². The zero-order valence-corrected chi connectivity index (χ0v) is 13.7. The van der Waals surface area contributed by atoms with Gasteiger partial charge >= 0.3 is 0 Å². The summed E-state index contributed by atoms with van der Waals surface area (Å²) < 4.78 is 1.27. The number of halogens is 1. The summed E-state index contributed by atoms with van der Waals surface area (Å²) in [6.07, 6.45) is 8.25. The summed E-state index contributed by atoms with van der Waals surface area (Å²) in [5.41, 5.74) is 0. The van der Waals surface area contributed by atoms with Crippen LogP contribution in [0.4, 0.5) is 0 Å². The molecular weight excluding hydrogens is 306 g/mol. The lowest BCUT2D eigenvalue weighted by molar-refractivity contribution is 0.230. The molecule has 1 heterocycles. The lowest BCUT2D eigenvalue weighted by atomic mass is 9.77. The molecule has 1 saturated carbocycles. The molecule has 0 bridgehead atoms. The van der Waals surface area contributed by atoms with E-state index in [4.69, 9.17) is 0 Å². The summed E-state index contributed by atoms with van der Waals surface area (Å²) >= 11 is 5.48. The van der Waals surface area contributed by atoms with Crippen molar-refractivity contribution in [3.63, 3.8) is 0 Å². The molecule has 2 rings (SSSR count). The molecule has 1 aromatic heterocycles. The normalized spacial score (nSPS) is 24.3. The molecule has 18 heavy (non-hydrogen) atoms. The minimum absolute atomic E-state index is 0.895. The third kappa shape index (κ3) is 4.36. The Morgan fingerprint density at radius 2 is 2.06 bits per heavy atom. The summed E-state index contributed by atoms with van der Waals surface area (Å²) in [7, 11) is 0. The topological polar surface area (TPSA) is 12.0 Å². The van der Waals surface area contributed by atoms with Crippen molar-refractivity contribution in [3.05, 3.63) is 20.8 Å². The molecule has 0 amide bonds. The molecule has 1 aromatic rings. The van der Waals surface area contributed by atoms with Crippen LogP contribution >= 0.6 is 27.3 Å². The van der Waals surface area contributed by atoms with Gasteiger partial charge in [0.2, 0.25) is 0 Å². The highest BCUT2D eigenvalue weighted by Crippen LogP contribution is 2.34. The van der Waals surface area contributed by atoms with E-state index >= 15 is 0 Å². The molecule has 102 valence electrons. The fraction of sp³-hybridized carbons (Fsp3) is 0.733. The van der Waals surface area contributed by atoms with Crippen molar-refractivity contribution in [1.82, 2.24) is 5.32 Å².